The number of benzene rings is 1. The summed E-state index contributed by atoms with van der Waals surface area (Å²) in [5.74, 6) is 2.43. The number of thioether (sulfide) groups is 1. The summed E-state index contributed by atoms with van der Waals surface area (Å²) in [6, 6.07) is 5.60. The van der Waals surface area contributed by atoms with Crippen LogP contribution in [0, 0.1) is 11.7 Å². The summed E-state index contributed by atoms with van der Waals surface area (Å²) in [4.78, 5) is 11.6. The molecule has 80 valence electrons. The van der Waals surface area contributed by atoms with E-state index in [4.69, 9.17) is 0 Å². The van der Waals surface area contributed by atoms with Crippen LogP contribution >= 0.6 is 11.8 Å². The van der Waals surface area contributed by atoms with E-state index in [9.17, 15) is 9.18 Å². The fourth-order valence-electron chi connectivity index (χ4n) is 1.34. The smallest absolute Gasteiger partial charge is 0.251 e. The predicted molar refractivity (Wildman–Crippen MR) is 59.5 cm³/mol. The molecule has 2 nitrogen and oxygen atoms in total. The summed E-state index contributed by atoms with van der Waals surface area (Å²) in [6.07, 6.45) is 0. The van der Waals surface area contributed by atoms with E-state index in [1.54, 1.807) is 0 Å². The van der Waals surface area contributed by atoms with Gasteiger partial charge in [0.15, 0.2) is 0 Å². The second kappa shape index (κ2) is 4.66. The lowest BCUT2D eigenvalue weighted by Crippen LogP contribution is -2.35. The molecule has 1 N–H and O–H groups in total. The van der Waals surface area contributed by atoms with Crippen LogP contribution in [0.5, 0.6) is 0 Å². The maximum Gasteiger partial charge on any atom is 0.251 e. The highest BCUT2D eigenvalue weighted by atomic mass is 32.2. The van der Waals surface area contributed by atoms with Crippen molar-refractivity contribution in [1.82, 2.24) is 5.32 Å². The second-order valence-corrected chi connectivity index (χ2v) is 4.70. The summed E-state index contributed by atoms with van der Waals surface area (Å²) in [5, 5.41) is 2.85. The molecule has 0 bridgehead atoms. The molecule has 4 heteroatoms. The maximum absolute atomic E-state index is 12.6. The molecule has 0 aliphatic carbocycles. The molecule has 1 aliphatic rings. The number of hydrogen-bond donors (Lipinski definition) is 1. The molecule has 0 spiro atoms. The monoisotopic (exact) mass is 225 g/mol. The highest BCUT2D eigenvalue weighted by Gasteiger charge is 2.18. The van der Waals surface area contributed by atoms with Crippen LogP contribution in [0.25, 0.3) is 0 Å². The van der Waals surface area contributed by atoms with Crippen molar-refractivity contribution < 1.29 is 9.18 Å². The first-order valence-electron chi connectivity index (χ1n) is 4.87. The van der Waals surface area contributed by atoms with Crippen molar-refractivity contribution in [1.29, 1.82) is 0 Å². The Hall–Kier alpha value is -1.03. The molecule has 0 unspecified atom stereocenters. The van der Waals surface area contributed by atoms with Crippen molar-refractivity contribution in [3.63, 3.8) is 0 Å². The molecule has 0 atom stereocenters. The zero-order valence-electron chi connectivity index (χ0n) is 8.20. The summed E-state index contributed by atoms with van der Waals surface area (Å²) in [6.45, 7) is 0.725. The lowest BCUT2D eigenvalue weighted by atomic mass is 10.1. The molecule has 1 aromatic carbocycles. The van der Waals surface area contributed by atoms with Gasteiger partial charge in [-0.3, -0.25) is 4.79 Å². The lowest BCUT2D eigenvalue weighted by molar-refractivity contribution is 0.0949. The van der Waals surface area contributed by atoms with Gasteiger partial charge < -0.3 is 5.32 Å². The average Bonchev–Trinajstić information content (AvgIpc) is 2.16. The number of carbonyl (C=O) groups excluding carboxylic acids is 1. The van der Waals surface area contributed by atoms with E-state index in [2.05, 4.69) is 5.32 Å². The number of nitrogens with one attached hydrogen (secondary N) is 1. The van der Waals surface area contributed by atoms with Crippen molar-refractivity contribution in [2.24, 2.45) is 5.92 Å². The molecule has 2 rings (SSSR count). The molecular weight excluding hydrogens is 213 g/mol. The highest BCUT2D eigenvalue weighted by Crippen LogP contribution is 2.23. The fraction of sp³-hybridized carbons (Fsp3) is 0.364. The van der Waals surface area contributed by atoms with Crippen molar-refractivity contribution in [3.8, 4) is 0 Å². The third-order valence-corrected chi connectivity index (χ3v) is 3.78. The normalized spacial score (nSPS) is 15.8. The van der Waals surface area contributed by atoms with Gasteiger partial charge in [-0.1, -0.05) is 0 Å². The zero-order chi connectivity index (χ0) is 10.7. The third kappa shape index (κ3) is 2.72. The fourth-order valence-corrected chi connectivity index (χ4v) is 2.15. The molecule has 1 saturated heterocycles. The first kappa shape index (κ1) is 10.5. The quantitative estimate of drug-likeness (QED) is 0.851. The minimum atomic E-state index is -0.318. The number of halogens is 1. The molecule has 0 radical (unpaired) electrons. The molecule has 1 fully saturated rings. The number of amides is 1. The molecule has 1 heterocycles. The number of rotatable bonds is 3. The molecule has 0 aromatic heterocycles. The van der Waals surface area contributed by atoms with Crippen LogP contribution in [-0.4, -0.2) is 24.0 Å². The molecule has 1 aliphatic heterocycles. The Morgan fingerprint density at radius 2 is 2.07 bits per heavy atom. The van der Waals surface area contributed by atoms with Crippen LogP contribution in [0.2, 0.25) is 0 Å². The first-order chi connectivity index (χ1) is 7.25. The Morgan fingerprint density at radius 3 is 2.60 bits per heavy atom. The predicted octanol–water partition coefficient (Wildman–Crippen LogP) is 1.92. The van der Waals surface area contributed by atoms with Gasteiger partial charge in [-0.15, -0.1) is 0 Å². The summed E-state index contributed by atoms with van der Waals surface area (Å²) in [5.41, 5.74) is 0.517. The van der Waals surface area contributed by atoms with Crippen molar-refractivity contribution in [2.75, 3.05) is 18.1 Å². The standard InChI is InChI=1S/C11H12FNOS/c12-10-3-1-9(2-4-10)11(14)13-5-8-6-15-7-8/h1-4,8H,5-7H2,(H,13,14). The van der Waals surface area contributed by atoms with E-state index in [1.165, 1.54) is 24.3 Å². The van der Waals surface area contributed by atoms with E-state index in [0.717, 1.165) is 18.1 Å². The number of hydrogen-bond acceptors (Lipinski definition) is 2. The van der Waals surface area contributed by atoms with Gasteiger partial charge in [0.2, 0.25) is 0 Å². The van der Waals surface area contributed by atoms with E-state index in [0.29, 0.717) is 11.5 Å². The maximum atomic E-state index is 12.6. The van der Waals surface area contributed by atoms with Gasteiger partial charge in [-0.2, -0.15) is 11.8 Å². The zero-order valence-corrected chi connectivity index (χ0v) is 9.02. The summed E-state index contributed by atoms with van der Waals surface area (Å²) in [7, 11) is 0. The SMILES string of the molecule is O=C(NCC1CSC1)c1ccc(F)cc1. The highest BCUT2D eigenvalue weighted by molar-refractivity contribution is 8.00. The Morgan fingerprint density at radius 1 is 1.40 bits per heavy atom. The first-order valence-corrected chi connectivity index (χ1v) is 6.02. The third-order valence-electron chi connectivity index (χ3n) is 2.36. The van der Waals surface area contributed by atoms with E-state index in [1.807, 2.05) is 11.8 Å². The molecule has 1 aromatic rings. The largest absolute Gasteiger partial charge is 0.352 e. The van der Waals surface area contributed by atoms with Gasteiger partial charge in [0.25, 0.3) is 5.91 Å². The second-order valence-electron chi connectivity index (χ2n) is 3.62. The van der Waals surface area contributed by atoms with Crippen LogP contribution < -0.4 is 5.32 Å². The lowest BCUT2D eigenvalue weighted by Gasteiger charge is -2.24. The van der Waals surface area contributed by atoms with Gasteiger partial charge in [0, 0.05) is 12.1 Å². The Balaban J connectivity index is 1.86. The van der Waals surface area contributed by atoms with Crippen molar-refractivity contribution >= 4 is 17.7 Å². The van der Waals surface area contributed by atoms with Gasteiger partial charge in [0.05, 0.1) is 0 Å². The average molecular weight is 225 g/mol. The van der Waals surface area contributed by atoms with E-state index < -0.39 is 0 Å². The molecule has 0 saturated carbocycles. The van der Waals surface area contributed by atoms with Crippen molar-refractivity contribution in [3.05, 3.63) is 35.6 Å². The summed E-state index contributed by atoms with van der Waals surface area (Å²) >= 11 is 1.89. The van der Waals surface area contributed by atoms with Crippen LogP contribution in [0.15, 0.2) is 24.3 Å². The Kier molecular flexibility index (Phi) is 3.26. The minimum absolute atomic E-state index is 0.119. The van der Waals surface area contributed by atoms with Crippen molar-refractivity contribution in [2.45, 2.75) is 0 Å². The van der Waals surface area contributed by atoms with Crippen LogP contribution in [-0.2, 0) is 0 Å². The minimum Gasteiger partial charge on any atom is -0.352 e. The van der Waals surface area contributed by atoms with E-state index >= 15 is 0 Å². The van der Waals surface area contributed by atoms with Crippen LogP contribution in [0.4, 0.5) is 4.39 Å². The molecular formula is C11H12FNOS. The van der Waals surface area contributed by atoms with Gasteiger partial charge in [-0.05, 0) is 41.7 Å². The Bertz CT molecular complexity index is 348. The molecule has 15 heavy (non-hydrogen) atoms. The van der Waals surface area contributed by atoms with Gasteiger partial charge in [0.1, 0.15) is 5.82 Å². The van der Waals surface area contributed by atoms with Gasteiger partial charge in [-0.25, -0.2) is 4.39 Å². The number of carbonyl (C=O) groups is 1. The molecule has 1 amide bonds. The topological polar surface area (TPSA) is 29.1 Å². The van der Waals surface area contributed by atoms with Gasteiger partial charge >= 0.3 is 0 Å². The van der Waals surface area contributed by atoms with E-state index in [-0.39, 0.29) is 11.7 Å². The van der Waals surface area contributed by atoms with Crippen LogP contribution in [0.3, 0.4) is 0 Å². The summed E-state index contributed by atoms with van der Waals surface area (Å²) < 4.78 is 12.6. The van der Waals surface area contributed by atoms with Crippen LogP contribution in [0.1, 0.15) is 10.4 Å². The Labute approximate surface area is 92.3 Å².